The molecule has 156 valence electrons. The van der Waals surface area contributed by atoms with E-state index in [1.165, 1.54) is 6.92 Å². The third-order valence-electron chi connectivity index (χ3n) is 5.09. The minimum atomic E-state index is -1.63. The van der Waals surface area contributed by atoms with Crippen molar-refractivity contribution in [1.29, 1.82) is 5.26 Å². The topological polar surface area (TPSA) is 106 Å². The molecule has 1 N–H and O–H groups in total. The van der Waals surface area contributed by atoms with Crippen molar-refractivity contribution < 1.29 is 28.9 Å². The molecule has 7 heteroatoms. The molecular formula is C23H23NO6. The van der Waals surface area contributed by atoms with Crippen LogP contribution in [0.5, 0.6) is 0 Å². The van der Waals surface area contributed by atoms with Crippen LogP contribution in [0.4, 0.5) is 0 Å². The number of aliphatic hydroxyl groups is 1. The average molecular weight is 409 g/mol. The van der Waals surface area contributed by atoms with E-state index in [0.717, 1.165) is 5.56 Å². The fourth-order valence-corrected chi connectivity index (χ4v) is 3.33. The number of esters is 2. The van der Waals surface area contributed by atoms with E-state index < -0.39 is 35.9 Å². The molecular weight excluding hydrogens is 386 g/mol. The van der Waals surface area contributed by atoms with Crippen molar-refractivity contribution >= 4 is 11.9 Å². The second kappa shape index (κ2) is 9.08. The molecule has 1 aliphatic rings. The van der Waals surface area contributed by atoms with Gasteiger partial charge in [0.15, 0.2) is 6.10 Å². The second-order valence-corrected chi connectivity index (χ2v) is 7.41. The van der Waals surface area contributed by atoms with Crippen LogP contribution in [0.1, 0.15) is 39.6 Å². The van der Waals surface area contributed by atoms with Gasteiger partial charge in [0.05, 0.1) is 23.6 Å². The maximum atomic E-state index is 12.6. The standard InChI is InChI=1S/C23H23NO6/c1-15-8-10-17(11-9-15)22(26)30-20-18(29-19(12-13-24)23(20,2)27)14-28-21(25)16-6-4-3-5-7-16/h3-11,18-20,27H,12,14H2,1-2H3/t18-,19+,20-,23+/m1/s1. The third-order valence-corrected chi connectivity index (χ3v) is 5.09. The molecule has 0 saturated carbocycles. The number of aryl methyl sites for hydroxylation is 1. The van der Waals surface area contributed by atoms with Crippen LogP contribution in [0.3, 0.4) is 0 Å². The van der Waals surface area contributed by atoms with Crippen molar-refractivity contribution in [1.82, 2.24) is 0 Å². The molecule has 4 atom stereocenters. The summed E-state index contributed by atoms with van der Waals surface area (Å²) in [6, 6.07) is 17.2. The molecule has 1 fully saturated rings. The molecule has 0 bridgehead atoms. The Morgan fingerprint density at radius 3 is 2.37 bits per heavy atom. The number of carbonyl (C=O) groups excluding carboxylic acids is 2. The van der Waals surface area contributed by atoms with Crippen LogP contribution in [0.25, 0.3) is 0 Å². The molecule has 1 aliphatic heterocycles. The highest BCUT2D eigenvalue weighted by molar-refractivity contribution is 5.90. The number of rotatable bonds is 6. The summed E-state index contributed by atoms with van der Waals surface area (Å²) in [6.07, 6.45) is -3.03. The van der Waals surface area contributed by atoms with Gasteiger partial charge in [-0.3, -0.25) is 0 Å². The van der Waals surface area contributed by atoms with E-state index in [2.05, 4.69) is 0 Å². The molecule has 2 aromatic carbocycles. The van der Waals surface area contributed by atoms with Crippen molar-refractivity contribution in [3.05, 3.63) is 71.3 Å². The van der Waals surface area contributed by atoms with Crippen LogP contribution in [0, 0.1) is 18.3 Å². The minimum Gasteiger partial charge on any atom is -0.459 e. The molecule has 1 saturated heterocycles. The molecule has 7 nitrogen and oxygen atoms in total. The van der Waals surface area contributed by atoms with Crippen LogP contribution in [0.15, 0.2) is 54.6 Å². The Kier molecular flexibility index (Phi) is 6.50. The smallest absolute Gasteiger partial charge is 0.338 e. The Bertz CT molecular complexity index is 932. The molecule has 0 aromatic heterocycles. The van der Waals surface area contributed by atoms with Crippen molar-refractivity contribution in [2.75, 3.05) is 6.61 Å². The molecule has 0 amide bonds. The molecule has 0 spiro atoms. The SMILES string of the molecule is Cc1ccc(C(=O)O[C@@H]2[C@@H](COC(=O)c3ccccc3)O[C@@H](CC#N)[C@]2(C)O)cc1. The minimum absolute atomic E-state index is 0.102. The Morgan fingerprint density at radius 1 is 1.10 bits per heavy atom. The Balaban J connectivity index is 1.75. The van der Waals surface area contributed by atoms with Gasteiger partial charge in [0.1, 0.15) is 24.4 Å². The Morgan fingerprint density at radius 2 is 1.73 bits per heavy atom. The lowest BCUT2D eigenvalue weighted by atomic mass is 9.91. The Labute approximate surface area is 174 Å². The van der Waals surface area contributed by atoms with E-state index >= 15 is 0 Å². The zero-order valence-electron chi connectivity index (χ0n) is 16.8. The summed E-state index contributed by atoms with van der Waals surface area (Å²) in [5, 5.41) is 20.0. The number of hydrogen-bond acceptors (Lipinski definition) is 7. The maximum absolute atomic E-state index is 12.6. The number of ether oxygens (including phenoxy) is 3. The summed E-state index contributed by atoms with van der Waals surface area (Å²) in [6.45, 7) is 3.10. The number of nitrogens with zero attached hydrogens (tertiary/aromatic N) is 1. The lowest BCUT2D eigenvalue weighted by Gasteiger charge is -2.29. The molecule has 30 heavy (non-hydrogen) atoms. The average Bonchev–Trinajstić information content (AvgIpc) is 2.97. The lowest BCUT2D eigenvalue weighted by molar-refractivity contribution is -0.0721. The Hall–Kier alpha value is -3.21. The molecule has 3 rings (SSSR count). The van der Waals surface area contributed by atoms with Gasteiger partial charge in [0.25, 0.3) is 0 Å². The van der Waals surface area contributed by atoms with Gasteiger partial charge in [-0.05, 0) is 38.1 Å². The summed E-state index contributed by atoms with van der Waals surface area (Å²) in [5.74, 6) is -1.20. The van der Waals surface area contributed by atoms with Crippen molar-refractivity contribution in [2.45, 2.75) is 44.2 Å². The highest BCUT2D eigenvalue weighted by atomic mass is 16.6. The summed E-state index contributed by atoms with van der Waals surface area (Å²) in [5.41, 5.74) is 0.0478. The fraction of sp³-hybridized carbons (Fsp3) is 0.348. The predicted molar refractivity (Wildman–Crippen MR) is 107 cm³/mol. The van der Waals surface area contributed by atoms with Gasteiger partial charge >= 0.3 is 11.9 Å². The first-order valence-electron chi connectivity index (χ1n) is 9.57. The first kappa shape index (κ1) is 21.5. The van der Waals surface area contributed by atoms with E-state index in [1.807, 2.05) is 13.0 Å². The largest absolute Gasteiger partial charge is 0.459 e. The monoisotopic (exact) mass is 409 g/mol. The summed E-state index contributed by atoms with van der Waals surface area (Å²) in [7, 11) is 0. The lowest BCUT2D eigenvalue weighted by Crippen LogP contribution is -2.48. The van der Waals surface area contributed by atoms with Crippen molar-refractivity contribution in [3.8, 4) is 6.07 Å². The molecule has 0 radical (unpaired) electrons. The van der Waals surface area contributed by atoms with Crippen molar-refractivity contribution in [2.24, 2.45) is 0 Å². The molecule has 0 unspecified atom stereocenters. The number of hydrogen-bond donors (Lipinski definition) is 1. The highest BCUT2D eigenvalue weighted by Crippen LogP contribution is 2.35. The van der Waals surface area contributed by atoms with Crippen LogP contribution >= 0.6 is 0 Å². The third kappa shape index (κ3) is 4.67. The first-order chi connectivity index (χ1) is 14.3. The normalized spacial score (nSPS) is 25.3. The van der Waals surface area contributed by atoms with Crippen LogP contribution in [-0.4, -0.2) is 47.6 Å². The first-order valence-corrected chi connectivity index (χ1v) is 9.57. The quantitative estimate of drug-likeness (QED) is 0.731. The number of benzene rings is 2. The fourth-order valence-electron chi connectivity index (χ4n) is 3.33. The zero-order chi connectivity index (χ0) is 21.7. The van der Waals surface area contributed by atoms with Crippen LogP contribution in [0.2, 0.25) is 0 Å². The van der Waals surface area contributed by atoms with Gasteiger partial charge in [-0.2, -0.15) is 5.26 Å². The maximum Gasteiger partial charge on any atom is 0.338 e. The van der Waals surface area contributed by atoms with Crippen LogP contribution < -0.4 is 0 Å². The predicted octanol–water partition coefficient (Wildman–Crippen LogP) is 2.81. The van der Waals surface area contributed by atoms with Crippen LogP contribution in [-0.2, 0) is 14.2 Å². The van der Waals surface area contributed by atoms with Gasteiger partial charge in [0, 0.05) is 0 Å². The zero-order valence-corrected chi connectivity index (χ0v) is 16.8. The van der Waals surface area contributed by atoms with E-state index in [9.17, 15) is 14.7 Å². The molecule has 2 aromatic rings. The van der Waals surface area contributed by atoms with E-state index in [-0.39, 0.29) is 13.0 Å². The van der Waals surface area contributed by atoms with Gasteiger partial charge in [-0.1, -0.05) is 35.9 Å². The molecule has 0 aliphatic carbocycles. The summed E-state index contributed by atoms with van der Waals surface area (Å²) in [4.78, 5) is 24.9. The van der Waals surface area contributed by atoms with Crippen molar-refractivity contribution in [3.63, 3.8) is 0 Å². The number of nitriles is 1. The summed E-state index contributed by atoms with van der Waals surface area (Å²) < 4.78 is 16.6. The van der Waals surface area contributed by atoms with Gasteiger partial charge in [0.2, 0.25) is 0 Å². The van der Waals surface area contributed by atoms with Gasteiger partial charge in [-0.15, -0.1) is 0 Å². The van der Waals surface area contributed by atoms with E-state index in [4.69, 9.17) is 19.5 Å². The molecule has 1 heterocycles. The van der Waals surface area contributed by atoms with E-state index in [0.29, 0.717) is 11.1 Å². The van der Waals surface area contributed by atoms with Gasteiger partial charge < -0.3 is 19.3 Å². The second-order valence-electron chi connectivity index (χ2n) is 7.41. The van der Waals surface area contributed by atoms with Gasteiger partial charge in [-0.25, -0.2) is 9.59 Å². The number of carbonyl (C=O) groups is 2. The summed E-state index contributed by atoms with van der Waals surface area (Å²) >= 11 is 0. The highest BCUT2D eigenvalue weighted by Gasteiger charge is 2.55. The van der Waals surface area contributed by atoms with E-state index in [1.54, 1.807) is 54.6 Å².